The van der Waals surface area contributed by atoms with Crippen LogP contribution in [0.4, 0.5) is 4.79 Å². The van der Waals surface area contributed by atoms with Gasteiger partial charge in [-0.2, -0.15) is 0 Å². The van der Waals surface area contributed by atoms with Crippen molar-refractivity contribution in [2.75, 3.05) is 14.2 Å². The molecule has 2 N–H and O–H groups in total. The standard InChI is InChI=1S/C20H26N2O6/c1-13(19(24)22-20(25)21-15-6-4-5-7-15)28-18(23)11-9-14-8-10-16(26-2)12-17(14)27-3/h8-13,15H,4-7H2,1-3H3,(H2,21,22,24,25)/b11-9+. The lowest BCUT2D eigenvalue weighted by atomic mass is 10.1. The Balaban J connectivity index is 1.85. The highest BCUT2D eigenvalue weighted by atomic mass is 16.5. The molecule has 1 aromatic carbocycles. The highest BCUT2D eigenvalue weighted by Gasteiger charge is 2.22. The molecule has 28 heavy (non-hydrogen) atoms. The fourth-order valence-electron chi connectivity index (χ4n) is 2.89. The van der Waals surface area contributed by atoms with E-state index < -0.39 is 24.0 Å². The highest BCUT2D eigenvalue weighted by molar-refractivity contribution is 5.98. The van der Waals surface area contributed by atoms with Crippen LogP contribution in [-0.4, -0.2) is 44.3 Å². The van der Waals surface area contributed by atoms with E-state index in [1.807, 2.05) is 0 Å². The molecule has 0 heterocycles. The van der Waals surface area contributed by atoms with Crippen molar-refractivity contribution in [3.63, 3.8) is 0 Å². The van der Waals surface area contributed by atoms with Gasteiger partial charge in [-0.3, -0.25) is 10.1 Å². The fourth-order valence-corrected chi connectivity index (χ4v) is 2.89. The lowest BCUT2D eigenvalue weighted by Crippen LogP contribution is -2.47. The maximum Gasteiger partial charge on any atom is 0.331 e. The largest absolute Gasteiger partial charge is 0.497 e. The summed E-state index contributed by atoms with van der Waals surface area (Å²) in [5.74, 6) is -0.244. The summed E-state index contributed by atoms with van der Waals surface area (Å²) in [6.07, 6.45) is 5.54. The van der Waals surface area contributed by atoms with Gasteiger partial charge in [-0.25, -0.2) is 9.59 Å². The average Bonchev–Trinajstić information content (AvgIpc) is 3.18. The first kappa shape index (κ1) is 21.3. The summed E-state index contributed by atoms with van der Waals surface area (Å²) in [5, 5.41) is 4.93. The van der Waals surface area contributed by atoms with Gasteiger partial charge in [-0.1, -0.05) is 12.8 Å². The van der Waals surface area contributed by atoms with Crippen molar-refractivity contribution in [3.8, 4) is 11.5 Å². The van der Waals surface area contributed by atoms with Gasteiger partial charge in [-0.05, 0) is 38.0 Å². The van der Waals surface area contributed by atoms with Crippen LogP contribution in [-0.2, 0) is 14.3 Å². The average molecular weight is 390 g/mol. The maximum atomic E-state index is 12.0. The number of urea groups is 1. The summed E-state index contributed by atoms with van der Waals surface area (Å²) in [4.78, 5) is 35.8. The minimum Gasteiger partial charge on any atom is -0.497 e. The van der Waals surface area contributed by atoms with Gasteiger partial charge in [-0.15, -0.1) is 0 Å². The first-order valence-electron chi connectivity index (χ1n) is 9.15. The van der Waals surface area contributed by atoms with Gasteiger partial charge in [0.1, 0.15) is 11.5 Å². The topological polar surface area (TPSA) is 103 Å². The van der Waals surface area contributed by atoms with Gasteiger partial charge in [0.25, 0.3) is 5.91 Å². The molecule has 1 aromatic rings. The Kier molecular flexibility index (Phi) is 7.86. The summed E-state index contributed by atoms with van der Waals surface area (Å²) >= 11 is 0. The van der Waals surface area contributed by atoms with E-state index in [-0.39, 0.29) is 6.04 Å². The van der Waals surface area contributed by atoms with Gasteiger partial charge in [0.2, 0.25) is 0 Å². The number of amides is 3. The molecule has 1 saturated carbocycles. The number of carbonyl (C=O) groups excluding carboxylic acids is 3. The van der Waals surface area contributed by atoms with E-state index in [2.05, 4.69) is 10.6 Å². The molecule has 1 aliphatic rings. The van der Waals surface area contributed by atoms with Crippen molar-refractivity contribution >= 4 is 24.0 Å². The molecule has 0 aromatic heterocycles. The normalized spacial score (nSPS) is 15.1. The van der Waals surface area contributed by atoms with Crippen molar-refractivity contribution < 1.29 is 28.6 Å². The number of methoxy groups -OCH3 is 2. The summed E-state index contributed by atoms with van der Waals surface area (Å²) in [5.41, 5.74) is 0.647. The third-order valence-electron chi connectivity index (χ3n) is 4.43. The number of carbonyl (C=O) groups is 3. The van der Waals surface area contributed by atoms with E-state index in [1.54, 1.807) is 25.3 Å². The Morgan fingerprint density at radius 3 is 2.50 bits per heavy atom. The Morgan fingerprint density at radius 2 is 1.86 bits per heavy atom. The van der Waals surface area contributed by atoms with E-state index in [1.165, 1.54) is 26.2 Å². The second-order valence-electron chi connectivity index (χ2n) is 6.46. The molecule has 0 spiro atoms. The van der Waals surface area contributed by atoms with E-state index in [0.29, 0.717) is 17.1 Å². The maximum absolute atomic E-state index is 12.0. The number of hydrogen-bond donors (Lipinski definition) is 2. The molecule has 1 unspecified atom stereocenters. The van der Waals surface area contributed by atoms with E-state index in [4.69, 9.17) is 14.2 Å². The predicted molar refractivity (Wildman–Crippen MR) is 103 cm³/mol. The van der Waals surface area contributed by atoms with Crippen LogP contribution in [0.2, 0.25) is 0 Å². The predicted octanol–water partition coefficient (Wildman–Crippen LogP) is 2.42. The zero-order chi connectivity index (χ0) is 20.5. The summed E-state index contributed by atoms with van der Waals surface area (Å²) in [6, 6.07) is 4.66. The number of benzene rings is 1. The second kappa shape index (κ2) is 10.3. The SMILES string of the molecule is COc1ccc(/C=C/C(=O)OC(C)C(=O)NC(=O)NC2CCCC2)c(OC)c1. The molecule has 8 nitrogen and oxygen atoms in total. The number of imide groups is 1. The lowest BCUT2D eigenvalue weighted by Gasteiger charge is -2.15. The third-order valence-corrected chi connectivity index (χ3v) is 4.43. The van der Waals surface area contributed by atoms with Gasteiger partial charge in [0.15, 0.2) is 6.10 Å². The zero-order valence-corrected chi connectivity index (χ0v) is 16.3. The Labute approximate surface area is 164 Å². The summed E-state index contributed by atoms with van der Waals surface area (Å²) < 4.78 is 15.4. The van der Waals surface area contributed by atoms with E-state index in [9.17, 15) is 14.4 Å². The van der Waals surface area contributed by atoms with Crippen molar-refractivity contribution in [2.45, 2.75) is 44.8 Å². The molecule has 0 aliphatic heterocycles. The Morgan fingerprint density at radius 1 is 1.14 bits per heavy atom. The van der Waals surface area contributed by atoms with Gasteiger partial charge >= 0.3 is 12.0 Å². The van der Waals surface area contributed by atoms with Gasteiger partial charge < -0.3 is 19.5 Å². The Hall–Kier alpha value is -3.03. The molecule has 0 saturated heterocycles. The monoisotopic (exact) mass is 390 g/mol. The molecule has 3 amide bonds. The van der Waals surface area contributed by atoms with Crippen molar-refractivity contribution in [3.05, 3.63) is 29.8 Å². The zero-order valence-electron chi connectivity index (χ0n) is 16.3. The molecule has 2 rings (SSSR count). The van der Waals surface area contributed by atoms with Crippen LogP contribution in [0.25, 0.3) is 6.08 Å². The van der Waals surface area contributed by atoms with E-state index >= 15 is 0 Å². The molecule has 8 heteroatoms. The number of esters is 1. The van der Waals surface area contributed by atoms with Gasteiger partial charge in [0, 0.05) is 23.7 Å². The lowest BCUT2D eigenvalue weighted by molar-refractivity contribution is -0.149. The van der Waals surface area contributed by atoms with Crippen LogP contribution >= 0.6 is 0 Å². The first-order valence-corrected chi connectivity index (χ1v) is 9.15. The summed E-state index contributed by atoms with van der Waals surface area (Å²) in [7, 11) is 3.05. The van der Waals surface area contributed by atoms with Crippen LogP contribution in [0, 0.1) is 0 Å². The summed E-state index contributed by atoms with van der Waals surface area (Å²) in [6.45, 7) is 1.40. The van der Waals surface area contributed by atoms with Crippen molar-refractivity contribution in [1.29, 1.82) is 0 Å². The Bertz CT molecular complexity index is 740. The van der Waals surface area contributed by atoms with Gasteiger partial charge in [0.05, 0.1) is 14.2 Å². The number of ether oxygens (including phenoxy) is 3. The molecule has 1 fully saturated rings. The van der Waals surface area contributed by atoms with E-state index in [0.717, 1.165) is 25.7 Å². The quantitative estimate of drug-likeness (QED) is 0.547. The van der Waals surface area contributed by atoms with Crippen LogP contribution in [0.5, 0.6) is 11.5 Å². The fraction of sp³-hybridized carbons (Fsp3) is 0.450. The van der Waals surface area contributed by atoms with Crippen molar-refractivity contribution in [1.82, 2.24) is 10.6 Å². The number of nitrogens with one attached hydrogen (secondary N) is 2. The minimum absolute atomic E-state index is 0.0908. The molecule has 0 bridgehead atoms. The van der Waals surface area contributed by atoms with Crippen LogP contribution in [0.15, 0.2) is 24.3 Å². The van der Waals surface area contributed by atoms with Crippen LogP contribution in [0.3, 0.4) is 0 Å². The molecule has 1 aliphatic carbocycles. The first-order chi connectivity index (χ1) is 13.4. The van der Waals surface area contributed by atoms with Crippen LogP contribution in [0.1, 0.15) is 38.2 Å². The number of rotatable bonds is 7. The molecular weight excluding hydrogens is 364 g/mol. The third kappa shape index (κ3) is 6.29. The molecular formula is C20H26N2O6. The smallest absolute Gasteiger partial charge is 0.331 e. The minimum atomic E-state index is -1.11. The molecule has 0 radical (unpaired) electrons. The van der Waals surface area contributed by atoms with Crippen molar-refractivity contribution in [2.24, 2.45) is 0 Å². The molecule has 1 atom stereocenters. The van der Waals surface area contributed by atoms with Crippen LogP contribution < -0.4 is 20.1 Å². The molecule has 152 valence electrons. The number of hydrogen-bond acceptors (Lipinski definition) is 6. The second-order valence-corrected chi connectivity index (χ2v) is 6.46. The highest BCUT2D eigenvalue weighted by Crippen LogP contribution is 2.25.